The summed E-state index contributed by atoms with van der Waals surface area (Å²) >= 11 is 3.21. The third-order valence-electron chi connectivity index (χ3n) is 4.61. The Balaban J connectivity index is 1.68. The first-order valence-electron chi connectivity index (χ1n) is 9.43. The molecule has 0 aliphatic heterocycles. The number of aldehydes is 1. The molecule has 152 valence electrons. The number of methoxy groups -OCH3 is 1. The SMILES string of the molecule is COc1ccc(CC(=O)N(CCCc2cccs2)Cc2nc(C=O)c(C)s2)cc1. The van der Waals surface area contributed by atoms with E-state index in [1.165, 1.54) is 16.2 Å². The third-order valence-corrected chi connectivity index (χ3v) is 6.52. The van der Waals surface area contributed by atoms with E-state index in [4.69, 9.17) is 4.74 Å². The predicted octanol–water partition coefficient (Wildman–Crippen LogP) is 4.54. The molecule has 7 heteroatoms. The van der Waals surface area contributed by atoms with E-state index < -0.39 is 0 Å². The molecular weight excluding hydrogens is 404 g/mol. The second kappa shape index (κ2) is 10.3. The Labute approximate surface area is 179 Å². The van der Waals surface area contributed by atoms with Crippen LogP contribution in [0.3, 0.4) is 0 Å². The molecule has 0 aliphatic rings. The predicted molar refractivity (Wildman–Crippen MR) is 117 cm³/mol. The Morgan fingerprint density at radius 3 is 2.66 bits per heavy atom. The van der Waals surface area contributed by atoms with Crippen LogP contribution in [0.15, 0.2) is 41.8 Å². The van der Waals surface area contributed by atoms with Gasteiger partial charge in [0.15, 0.2) is 6.29 Å². The fraction of sp³-hybridized carbons (Fsp3) is 0.318. The first-order valence-corrected chi connectivity index (χ1v) is 11.1. The molecule has 0 atom stereocenters. The van der Waals surface area contributed by atoms with E-state index in [2.05, 4.69) is 16.4 Å². The molecule has 5 nitrogen and oxygen atoms in total. The maximum Gasteiger partial charge on any atom is 0.227 e. The molecule has 1 aromatic carbocycles. The minimum absolute atomic E-state index is 0.0573. The highest BCUT2D eigenvalue weighted by Crippen LogP contribution is 2.20. The minimum atomic E-state index is 0.0573. The van der Waals surface area contributed by atoms with Gasteiger partial charge in [0.2, 0.25) is 5.91 Å². The lowest BCUT2D eigenvalue weighted by atomic mass is 10.1. The molecule has 0 saturated heterocycles. The van der Waals surface area contributed by atoms with Gasteiger partial charge in [0.05, 0.1) is 20.1 Å². The molecule has 3 aromatic rings. The van der Waals surface area contributed by atoms with Crippen molar-refractivity contribution in [2.75, 3.05) is 13.7 Å². The molecule has 0 radical (unpaired) electrons. The van der Waals surface area contributed by atoms with Crippen molar-refractivity contribution in [3.63, 3.8) is 0 Å². The molecule has 2 heterocycles. The normalized spacial score (nSPS) is 10.7. The number of carbonyl (C=O) groups is 2. The van der Waals surface area contributed by atoms with Gasteiger partial charge in [-0.2, -0.15) is 0 Å². The summed E-state index contributed by atoms with van der Waals surface area (Å²) in [5, 5.41) is 2.87. The van der Waals surface area contributed by atoms with E-state index in [1.807, 2.05) is 42.2 Å². The van der Waals surface area contributed by atoms with Gasteiger partial charge in [-0.25, -0.2) is 4.98 Å². The molecular formula is C22H24N2O3S2. The van der Waals surface area contributed by atoms with Gasteiger partial charge in [-0.05, 0) is 48.9 Å². The summed E-state index contributed by atoms with van der Waals surface area (Å²) in [6, 6.07) is 11.7. The Bertz CT molecular complexity index is 934. The first-order chi connectivity index (χ1) is 14.1. The Morgan fingerprint density at radius 2 is 2.03 bits per heavy atom. The second-order valence-corrected chi connectivity index (χ2v) is 9.01. The number of hydrogen-bond donors (Lipinski definition) is 0. The van der Waals surface area contributed by atoms with Crippen molar-refractivity contribution in [3.8, 4) is 5.75 Å². The van der Waals surface area contributed by atoms with Crippen LogP contribution in [0.5, 0.6) is 5.75 Å². The summed E-state index contributed by atoms with van der Waals surface area (Å²) in [6.07, 6.45) is 2.93. The average Bonchev–Trinajstić information content (AvgIpc) is 3.37. The molecule has 29 heavy (non-hydrogen) atoms. The van der Waals surface area contributed by atoms with Crippen LogP contribution in [0, 0.1) is 6.92 Å². The molecule has 0 spiro atoms. The lowest BCUT2D eigenvalue weighted by Crippen LogP contribution is -2.33. The highest BCUT2D eigenvalue weighted by Gasteiger charge is 2.17. The van der Waals surface area contributed by atoms with Crippen LogP contribution in [0.4, 0.5) is 0 Å². The second-order valence-electron chi connectivity index (χ2n) is 6.69. The fourth-order valence-corrected chi connectivity index (χ4v) is 4.69. The van der Waals surface area contributed by atoms with Crippen molar-refractivity contribution in [1.29, 1.82) is 0 Å². The van der Waals surface area contributed by atoms with Crippen molar-refractivity contribution >= 4 is 34.9 Å². The summed E-state index contributed by atoms with van der Waals surface area (Å²) in [4.78, 5) is 32.6. The number of hydrogen-bond acceptors (Lipinski definition) is 6. The first kappa shape index (κ1) is 21.2. The van der Waals surface area contributed by atoms with Crippen LogP contribution < -0.4 is 4.74 Å². The van der Waals surface area contributed by atoms with Gasteiger partial charge >= 0.3 is 0 Å². The van der Waals surface area contributed by atoms with Crippen LogP contribution in [-0.2, 0) is 24.2 Å². The standard InChI is InChI=1S/C22H24N2O3S2/c1-16-20(15-25)23-21(29-16)14-24(11-3-5-19-6-4-12-28-19)22(26)13-17-7-9-18(27-2)10-8-17/h4,6-10,12,15H,3,5,11,13-14H2,1-2H3. The molecule has 0 saturated carbocycles. The Morgan fingerprint density at radius 1 is 1.24 bits per heavy atom. The lowest BCUT2D eigenvalue weighted by molar-refractivity contribution is -0.131. The van der Waals surface area contributed by atoms with E-state index in [9.17, 15) is 9.59 Å². The van der Waals surface area contributed by atoms with Gasteiger partial charge in [0.1, 0.15) is 16.5 Å². The van der Waals surface area contributed by atoms with Crippen LogP contribution in [-0.4, -0.2) is 35.7 Å². The number of aryl methyl sites for hydroxylation is 2. The van der Waals surface area contributed by atoms with E-state index in [0.717, 1.165) is 40.3 Å². The van der Waals surface area contributed by atoms with E-state index in [-0.39, 0.29) is 5.91 Å². The minimum Gasteiger partial charge on any atom is -0.497 e. The van der Waals surface area contributed by atoms with Gasteiger partial charge < -0.3 is 9.64 Å². The average molecular weight is 429 g/mol. The number of nitrogens with zero attached hydrogens (tertiary/aromatic N) is 2. The third kappa shape index (κ3) is 5.98. The van der Waals surface area contributed by atoms with Crippen LogP contribution in [0.2, 0.25) is 0 Å². The summed E-state index contributed by atoms with van der Waals surface area (Å²) in [6.45, 7) is 2.96. The molecule has 0 bridgehead atoms. The van der Waals surface area contributed by atoms with Gasteiger partial charge in [-0.3, -0.25) is 9.59 Å². The number of carbonyl (C=O) groups excluding carboxylic acids is 2. The van der Waals surface area contributed by atoms with E-state index in [1.54, 1.807) is 18.4 Å². The summed E-state index contributed by atoms with van der Waals surface area (Å²) in [5.41, 5.74) is 1.41. The summed E-state index contributed by atoms with van der Waals surface area (Å²) in [7, 11) is 1.62. The smallest absolute Gasteiger partial charge is 0.227 e. The molecule has 1 amide bonds. The maximum absolute atomic E-state index is 13.0. The zero-order valence-corrected chi connectivity index (χ0v) is 18.2. The molecule has 0 N–H and O–H groups in total. The topological polar surface area (TPSA) is 59.5 Å². The maximum atomic E-state index is 13.0. The molecule has 0 aliphatic carbocycles. The summed E-state index contributed by atoms with van der Waals surface area (Å²) < 4.78 is 5.18. The Kier molecular flexibility index (Phi) is 7.55. The number of thiophene rings is 1. The number of thiazole rings is 1. The van der Waals surface area contributed by atoms with Crippen molar-refractivity contribution in [2.24, 2.45) is 0 Å². The number of benzene rings is 1. The molecule has 0 fully saturated rings. The van der Waals surface area contributed by atoms with Crippen molar-refractivity contribution in [3.05, 3.63) is 67.8 Å². The quantitative estimate of drug-likeness (QED) is 0.445. The van der Waals surface area contributed by atoms with Crippen molar-refractivity contribution in [2.45, 2.75) is 32.7 Å². The van der Waals surface area contributed by atoms with Gasteiger partial charge in [0.25, 0.3) is 0 Å². The highest BCUT2D eigenvalue weighted by atomic mass is 32.1. The van der Waals surface area contributed by atoms with Gasteiger partial charge in [0, 0.05) is 16.3 Å². The van der Waals surface area contributed by atoms with E-state index >= 15 is 0 Å². The van der Waals surface area contributed by atoms with E-state index in [0.29, 0.717) is 25.2 Å². The van der Waals surface area contributed by atoms with Crippen LogP contribution in [0.1, 0.15) is 37.2 Å². The molecule has 2 aromatic heterocycles. The number of ether oxygens (including phenoxy) is 1. The summed E-state index contributed by atoms with van der Waals surface area (Å²) in [5.74, 6) is 0.829. The fourth-order valence-electron chi connectivity index (χ4n) is 3.03. The highest BCUT2D eigenvalue weighted by molar-refractivity contribution is 7.11. The molecule has 3 rings (SSSR count). The monoisotopic (exact) mass is 428 g/mol. The number of rotatable bonds is 10. The van der Waals surface area contributed by atoms with Crippen molar-refractivity contribution in [1.82, 2.24) is 9.88 Å². The number of aromatic nitrogens is 1. The zero-order valence-electron chi connectivity index (χ0n) is 16.6. The Hall–Kier alpha value is -2.51. The zero-order chi connectivity index (χ0) is 20.6. The van der Waals surface area contributed by atoms with Gasteiger partial charge in [-0.1, -0.05) is 18.2 Å². The van der Waals surface area contributed by atoms with Crippen LogP contribution >= 0.6 is 22.7 Å². The molecule has 0 unspecified atom stereocenters. The van der Waals surface area contributed by atoms with Crippen LogP contribution in [0.25, 0.3) is 0 Å². The lowest BCUT2D eigenvalue weighted by Gasteiger charge is -2.22. The number of amides is 1. The van der Waals surface area contributed by atoms with Crippen molar-refractivity contribution < 1.29 is 14.3 Å². The van der Waals surface area contributed by atoms with Gasteiger partial charge in [-0.15, -0.1) is 22.7 Å². The largest absolute Gasteiger partial charge is 0.497 e.